The van der Waals surface area contributed by atoms with Gasteiger partial charge in [-0.3, -0.25) is 14.8 Å². The topological polar surface area (TPSA) is 58.1 Å². The van der Waals surface area contributed by atoms with Crippen molar-refractivity contribution in [3.8, 4) is 0 Å². The highest BCUT2D eigenvalue weighted by atomic mass is 35.5. The van der Waals surface area contributed by atoms with E-state index in [2.05, 4.69) is 20.2 Å². The van der Waals surface area contributed by atoms with Gasteiger partial charge < -0.3 is 10.2 Å². The summed E-state index contributed by atoms with van der Waals surface area (Å²) in [4.78, 5) is 22.6. The van der Waals surface area contributed by atoms with Crippen molar-refractivity contribution in [2.24, 2.45) is 5.92 Å². The number of nitrogens with one attached hydrogen (secondary N) is 1. The fourth-order valence-electron chi connectivity index (χ4n) is 2.84. The summed E-state index contributed by atoms with van der Waals surface area (Å²) >= 11 is 6.18. The molecule has 1 aliphatic rings. The predicted molar refractivity (Wildman–Crippen MR) is 90.3 cm³/mol. The zero-order chi connectivity index (χ0) is 16.1. The van der Waals surface area contributed by atoms with Crippen molar-refractivity contribution < 1.29 is 4.79 Å². The van der Waals surface area contributed by atoms with E-state index in [1.165, 1.54) is 0 Å². The van der Waals surface area contributed by atoms with Crippen molar-refractivity contribution in [2.45, 2.75) is 19.4 Å². The molecule has 0 spiro atoms. The summed E-state index contributed by atoms with van der Waals surface area (Å²) in [6.07, 6.45) is 8.56. The lowest BCUT2D eigenvalue weighted by Gasteiger charge is -2.33. The fourth-order valence-corrected chi connectivity index (χ4v) is 3.08. The third-order valence-corrected chi connectivity index (χ3v) is 4.44. The predicted octanol–water partition coefficient (Wildman–Crippen LogP) is 2.66. The quantitative estimate of drug-likeness (QED) is 0.936. The standard InChI is InChI=1S/C17H19ClN4O/c18-15-12-20-7-3-16(15)22-8-4-14(5-9-22)17(23)21-11-13-2-1-6-19-10-13/h1-3,6-7,10,12,14H,4-5,8-9,11H2,(H,21,23). The van der Waals surface area contributed by atoms with Crippen LogP contribution in [0.2, 0.25) is 5.02 Å². The SMILES string of the molecule is O=C(NCc1cccnc1)C1CCN(c2ccncc2Cl)CC1. The molecule has 2 aromatic heterocycles. The Morgan fingerprint density at radius 1 is 1.22 bits per heavy atom. The van der Waals surface area contributed by atoms with E-state index in [1.54, 1.807) is 24.8 Å². The van der Waals surface area contributed by atoms with Crippen molar-refractivity contribution in [2.75, 3.05) is 18.0 Å². The van der Waals surface area contributed by atoms with Crippen molar-refractivity contribution >= 4 is 23.2 Å². The minimum absolute atomic E-state index is 0.0588. The largest absolute Gasteiger partial charge is 0.370 e. The van der Waals surface area contributed by atoms with Crippen LogP contribution in [0, 0.1) is 5.92 Å². The summed E-state index contributed by atoms with van der Waals surface area (Å²) in [6, 6.07) is 5.75. The number of anilines is 1. The number of carbonyl (C=O) groups excluding carboxylic acids is 1. The summed E-state index contributed by atoms with van der Waals surface area (Å²) in [5, 5.41) is 3.66. The lowest BCUT2D eigenvalue weighted by atomic mass is 9.95. The summed E-state index contributed by atoms with van der Waals surface area (Å²) in [5.74, 6) is 0.179. The molecule has 1 amide bonds. The highest BCUT2D eigenvalue weighted by Crippen LogP contribution is 2.28. The maximum atomic E-state index is 12.3. The second kappa shape index (κ2) is 7.42. The normalized spacial score (nSPS) is 15.4. The first-order valence-electron chi connectivity index (χ1n) is 7.75. The molecule has 0 atom stereocenters. The monoisotopic (exact) mass is 330 g/mol. The van der Waals surface area contributed by atoms with Crippen LogP contribution in [0.3, 0.4) is 0 Å². The molecule has 0 bridgehead atoms. The van der Waals surface area contributed by atoms with Crippen LogP contribution in [0.15, 0.2) is 43.0 Å². The van der Waals surface area contributed by atoms with Gasteiger partial charge in [-0.25, -0.2) is 0 Å². The molecule has 5 nitrogen and oxygen atoms in total. The highest BCUT2D eigenvalue weighted by Gasteiger charge is 2.25. The first-order chi connectivity index (χ1) is 11.2. The molecule has 6 heteroatoms. The van der Waals surface area contributed by atoms with Crippen LogP contribution in [0.4, 0.5) is 5.69 Å². The number of pyridine rings is 2. The van der Waals surface area contributed by atoms with Gasteiger partial charge in [-0.1, -0.05) is 17.7 Å². The van der Waals surface area contributed by atoms with E-state index in [4.69, 9.17) is 11.6 Å². The van der Waals surface area contributed by atoms with Crippen molar-refractivity contribution in [1.29, 1.82) is 0 Å². The van der Waals surface area contributed by atoms with Gasteiger partial charge in [-0.15, -0.1) is 0 Å². The average molecular weight is 331 g/mol. The molecule has 0 unspecified atom stereocenters. The van der Waals surface area contributed by atoms with Gasteiger partial charge >= 0.3 is 0 Å². The molecule has 3 rings (SSSR count). The Kier molecular flexibility index (Phi) is 5.08. The molecular weight excluding hydrogens is 312 g/mol. The molecule has 0 aliphatic carbocycles. The molecule has 1 N–H and O–H groups in total. The van der Waals surface area contributed by atoms with Crippen LogP contribution in [0.25, 0.3) is 0 Å². The molecular formula is C17H19ClN4O. The lowest BCUT2D eigenvalue weighted by molar-refractivity contribution is -0.125. The summed E-state index contributed by atoms with van der Waals surface area (Å²) in [7, 11) is 0. The Balaban J connectivity index is 1.50. The number of carbonyl (C=O) groups is 1. The van der Waals surface area contributed by atoms with Crippen molar-refractivity contribution in [3.63, 3.8) is 0 Å². The van der Waals surface area contributed by atoms with Gasteiger partial charge in [0.15, 0.2) is 0 Å². The number of hydrogen-bond donors (Lipinski definition) is 1. The minimum atomic E-state index is 0.0588. The van der Waals surface area contributed by atoms with E-state index in [0.29, 0.717) is 11.6 Å². The Morgan fingerprint density at radius 3 is 2.70 bits per heavy atom. The van der Waals surface area contributed by atoms with E-state index in [0.717, 1.165) is 37.2 Å². The molecule has 1 saturated heterocycles. The van der Waals surface area contributed by atoms with Gasteiger partial charge in [0.1, 0.15) is 0 Å². The number of aromatic nitrogens is 2. The molecule has 0 saturated carbocycles. The molecule has 2 aromatic rings. The summed E-state index contributed by atoms with van der Waals surface area (Å²) in [5.41, 5.74) is 2.01. The summed E-state index contributed by atoms with van der Waals surface area (Å²) in [6.45, 7) is 2.19. The van der Waals surface area contributed by atoms with Crippen LogP contribution in [-0.4, -0.2) is 29.0 Å². The van der Waals surface area contributed by atoms with Gasteiger partial charge in [0.2, 0.25) is 5.91 Å². The summed E-state index contributed by atoms with van der Waals surface area (Å²) < 4.78 is 0. The maximum Gasteiger partial charge on any atom is 0.223 e. The smallest absolute Gasteiger partial charge is 0.223 e. The fraction of sp³-hybridized carbons (Fsp3) is 0.353. The second-order valence-electron chi connectivity index (χ2n) is 5.67. The third-order valence-electron chi connectivity index (χ3n) is 4.15. The van der Waals surface area contributed by atoms with Gasteiger partial charge in [-0.05, 0) is 30.5 Å². The van der Waals surface area contributed by atoms with Gasteiger partial charge in [-0.2, -0.15) is 0 Å². The first-order valence-corrected chi connectivity index (χ1v) is 8.13. The van der Waals surface area contributed by atoms with E-state index < -0.39 is 0 Å². The zero-order valence-electron chi connectivity index (χ0n) is 12.8. The van der Waals surface area contributed by atoms with Crippen LogP contribution in [-0.2, 0) is 11.3 Å². The molecule has 1 aliphatic heterocycles. The van der Waals surface area contributed by atoms with Crippen molar-refractivity contribution in [1.82, 2.24) is 15.3 Å². The van der Waals surface area contributed by atoms with Gasteiger partial charge in [0, 0.05) is 50.3 Å². The molecule has 0 aromatic carbocycles. The molecule has 1 fully saturated rings. The Bertz CT molecular complexity index is 657. The number of amides is 1. The first kappa shape index (κ1) is 15.7. The zero-order valence-corrected chi connectivity index (χ0v) is 13.5. The number of piperidine rings is 1. The number of hydrogen-bond acceptors (Lipinski definition) is 4. The number of nitrogens with zero attached hydrogens (tertiary/aromatic N) is 3. The van der Waals surface area contributed by atoms with Crippen molar-refractivity contribution in [3.05, 3.63) is 53.6 Å². The van der Waals surface area contributed by atoms with Crippen LogP contribution in [0.5, 0.6) is 0 Å². The average Bonchev–Trinajstić information content (AvgIpc) is 2.61. The molecule has 120 valence electrons. The lowest BCUT2D eigenvalue weighted by Crippen LogP contribution is -2.40. The number of halogens is 1. The van der Waals surface area contributed by atoms with Crippen LogP contribution < -0.4 is 10.2 Å². The highest BCUT2D eigenvalue weighted by molar-refractivity contribution is 6.33. The Labute approximate surface area is 140 Å². The van der Waals surface area contributed by atoms with Gasteiger partial charge in [0.05, 0.1) is 10.7 Å². The Morgan fingerprint density at radius 2 is 2.00 bits per heavy atom. The third kappa shape index (κ3) is 3.99. The van der Waals surface area contributed by atoms with Crippen LogP contribution in [0.1, 0.15) is 18.4 Å². The van der Waals surface area contributed by atoms with E-state index in [9.17, 15) is 4.79 Å². The Hall–Kier alpha value is -2.14. The van der Waals surface area contributed by atoms with E-state index in [-0.39, 0.29) is 11.8 Å². The van der Waals surface area contributed by atoms with E-state index >= 15 is 0 Å². The van der Waals surface area contributed by atoms with E-state index in [1.807, 2.05) is 18.2 Å². The minimum Gasteiger partial charge on any atom is -0.370 e. The second-order valence-corrected chi connectivity index (χ2v) is 6.07. The maximum absolute atomic E-state index is 12.3. The van der Waals surface area contributed by atoms with Gasteiger partial charge in [0.25, 0.3) is 0 Å². The molecule has 3 heterocycles. The van der Waals surface area contributed by atoms with Crippen LogP contribution >= 0.6 is 11.6 Å². The number of rotatable bonds is 4. The molecule has 23 heavy (non-hydrogen) atoms. The molecule has 0 radical (unpaired) electrons.